The van der Waals surface area contributed by atoms with Gasteiger partial charge < -0.3 is 15.2 Å². The molecule has 0 aliphatic carbocycles. The molecule has 0 bridgehead atoms. The van der Waals surface area contributed by atoms with E-state index < -0.39 is 0 Å². The van der Waals surface area contributed by atoms with Crippen molar-refractivity contribution in [1.29, 1.82) is 0 Å². The lowest BCUT2D eigenvalue weighted by Gasteiger charge is -2.37. The van der Waals surface area contributed by atoms with Crippen LogP contribution in [-0.4, -0.2) is 47.3 Å². The lowest BCUT2D eigenvalue weighted by atomic mass is 9.93. The summed E-state index contributed by atoms with van der Waals surface area (Å²) in [5.74, 6) is 1.36. The van der Waals surface area contributed by atoms with Gasteiger partial charge in [-0.15, -0.1) is 0 Å². The zero-order valence-corrected chi connectivity index (χ0v) is 14.8. The van der Waals surface area contributed by atoms with Gasteiger partial charge in [0.1, 0.15) is 12.4 Å². The van der Waals surface area contributed by atoms with Crippen molar-refractivity contribution >= 4 is 5.69 Å². The Hall–Kier alpha value is -2.11. The van der Waals surface area contributed by atoms with Crippen LogP contribution in [0.25, 0.3) is 0 Å². The summed E-state index contributed by atoms with van der Waals surface area (Å²) >= 11 is 0. The quantitative estimate of drug-likeness (QED) is 0.811. The molecule has 2 aromatic rings. The summed E-state index contributed by atoms with van der Waals surface area (Å²) in [5, 5.41) is 12.4. The van der Waals surface area contributed by atoms with Crippen LogP contribution in [0.4, 0.5) is 5.69 Å². The van der Waals surface area contributed by atoms with Gasteiger partial charge in [0.25, 0.3) is 0 Å². The van der Waals surface area contributed by atoms with Crippen LogP contribution in [0.3, 0.4) is 0 Å². The summed E-state index contributed by atoms with van der Waals surface area (Å²) < 4.78 is 5.40. The Kier molecular flexibility index (Phi) is 6.25. The maximum Gasteiger partial charge on any atom is 0.119 e. The molecule has 1 aliphatic rings. The first kappa shape index (κ1) is 17.7. The number of likely N-dealkylation sites (tertiary alicyclic amines) is 1. The highest BCUT2D eigenvalue weighted by Crippen LogP contribution is 2.23. The first-order chi connectivity index (χ1) is 12.2. The second-order valence-corrected chi connectivity index (χ2v) is 6.67. The molecule has 1 aromatic carbocycles. The standard InChI is InChI=1S/C20H27N3O2/c1-16-14-23(15-18-4-2-3-10-21-18)11-9-20(16)22-17-5-7-19(8-6-17)25-13-12-24/h2-8,10,16,20,22,24H,9,11-15H2,1H3. The first-order valence-electron chi connectivity index (χ1n) is 8.97. The van der Waals surface area contributed by atoms with E-state index >= 15 is 0 Å². The molecule has 0 amide bonds. The van der Waals surface area contributed by atoms with Crippen molar-refractivity contribution in [2.24, 2.45) is 5.92 Å². The highest BCUT2D eigenvalue weighted by atomic mass is 16.5. The van der Waals surface area contributed by atoms with E-state index in [1.807, 2.05) is 42.6 Å². The normalized spacial score (nSPS) is 21.0. The van der Waals surface area contributed by atoms with Crippen LogP contribution < -0.4 is 10.1 Å². The molecule has 1 aromatic heterocycles. The average Bonchev–Trinajstić information content (AvgIpc) is 2.64. The molecule has 2 atom stereocenters. The molecule has 0 spiro atoms. The SMILES string of the molecule is CC1CN(Cc2ccccn2)CCC1Nc1ccc(OCCO)cc1. The number of anilines is 1. The Morgan fingerprint density at radius 1 is 1.24 bits per heavy atom. The van der Waals surface area contributed by atoms with E-state index in [1.165, 1.54) is 0 Å². The van der Waals surface area contributed by atoms with Crippen molar-refractivity contribution in [1.82, 2.24) is 9.88 Å². The zero-order chi connectivity index (χ0) is 17.5. The first-order valence-corrected chi connectivity index (χ1v) is 8.97. The minimum Gasteiger partial charge on any atom is -0.491 e. The van der Waals surface area contributed by atoms with Crippen LogP contribution in [-0.2, 0) is 6.54 Å². The van der Waals surface area contributed by atoms with E-state index in [1.54, 1.807) is 0 Å². The van der Waals surface area contributed by atoms with Gasteiger partial charge in [0.15, 0.2) is 0 Å². The molecule has 2 unspecified atom stereocenters. The summed E-state index contributed by atoms with van der Waals surface area (Å²) in [6.07, 6.45) is 2.98. The summed E-state index contributed by atoms with van der Waals surface area (Å²) in [7, 11) is 0. The summed E-state index contributed by atoms with van der Waals surface area (Å²) in [5.41, 5.74) is 2.26. The van der Waals surface area contributed by atoms with Gasteiger partial charge in [0.2, 0.25) is 0 Å². The van der Waals surface area contributed by atoms with Crippen LogP contribution in [0.5, 0.6) is 5.75 Å². The number of aliphatic hydroxyl groups is 1. The Labute approximate surface area is 149 Å². The van der Waals surface area contributed by atoms with Gasteiger partial charge in [-0.1, -0.05) is 13.0 Å². The molecule has 2 heterocycles. The van der Waals surface area contributed by atoms with Crippen LogP contribution in [0.2, 0.25) is 0 Å². The number of nitrogens with one attached hydrogen (secondary N) is 1. The van der Waals surface area contributed by atoms with Gasteiger partial charge in [0, 0.05) is 37.6 Å². The van der Waals surface area contributed by atoms with Gasteiger partial charge in [-0.05, 0) is 48.7 Å². The van der Waals surface area contributed by atoms with Crippen LogP contribution in [0.15, 0.2) is 48.7 Å². The second kappa shape index (κ2) is 8.83. The summed E-state index contributed by atoms with van der Waals surface area (Å²) in [6.45, 7) is 5.76. The third-order valence-electron chi connectivity index (χ3n) is 4.67. The predicted molar refractivity (Wildman–Crippen MR) is 99.7 cm³/mol. The van der Waals surface area contributed by atoms with Gasteiger partial charge in [-0.25, -0.2) is 0 Å². The molecular weight excluding hydrogens is 314 g/mol. The van der Waals surface area contributed by atoms with Crippen LogP contribution in [0.1, 0.15) is 19.0 Å². The molecular formula is C20H27N3O2. The monoisotopic (exact) mass is 341 g/mol. The largest absolute Gasteiger partial charge is 0.491 e. The number of ether oxygens (including phenoxy) is 1. The maximum absolute atomic E-state index is 8.80. The summed E-state index contributed by atoms with van der Waals surface area (Å²) in [4.78, 5) is 6.91. The van der Waals surface area contributed by atoms with Crippen molar-refractivity contribution in [3.8, 4) is 5.75 Å². The molecule has 1 aliphatic heterocycles. The number of nitrogens with zero attached hydrogens (tertiary/aromatic N) is 2. The van der Waals surface area contributed by atoms with Crippen LogP contribution >= 0.6 is 0 Å². The van der Waals surface area contributed by atoms with E-state index in [0.29, 0.717) is 18.6 Å². The Morgan fingerprint density at radius 3 is 2.76 bits per heavy atom. The van der Waals surface area contributed by atoms with Crippen molar-refractivity contribution in [3.63, 3.8) is 0 Å². The molecule has 5 heteroatoms. The maximum atomic E-state index is 8.80. The minimum atomic E-state index is 0.0363. The van der Waals surface area contributed by atoms with Crippen molar-refractivity contribution in [2.45, 2.75) is 25.9 Å². The number of benzene rings is 1. The molecule has 25 heavy (non-hydrogen) atoms. The fraction of sp³-hybridized carbons (Fsp3) is 0.450. The van der Waals surface area contributed by atoms with Crippen molar-refractivity contribution < 1.29 is 9.84 Å². The second-order valence-electron chi connectivity index (χ2n) is 6.67. The highest BCUT2D eigenvalue weighted by Gasteiger charge is 2.26. The zero-order valence-electron chi connectivity index (χ0n) is 14.8. The molecule has 1 saturated heterocycles. The number of piperidine rings is 1. The Morgan fingerprint density at radius 2 is 2.08 bits per heavy atom. The molecule has 1 fully saturated rings. The van der Waals surface area contributed by atoms with Crippen LogP contribution in [0, 0.1) is 5.92 Å². The van der Waals surface area contributed by atoms with Crippen molar-refractivity contribution in [3.05, 3.63) is 54.4 Å². The smallest absolute Gasteiger partial charge is 0.119 e. The molecule has 2 N–H and O–H groups in total. The van der Waals surface area contributed by atoms with E-state index in [4.69, 9.17) is 9.84 Å². The number of rotatable bonds is 7. The number of aromatic nitrogens is 1. The molecule has 0 radical (unpaired) electrons. The lowest BCUT2D eigenvalue weighted by molar-refractivity contribution is 0.163. The average molecular weight is 341 g/mol. The minimum absolute atomic E-state index is 0.0363. The Bertz CT molecular complexity index is 633. The number of aliphatic hydroxyl groups excluding tert-OH is 1. The number of hydrogen-bond donors (Lipinski definition) is 2. The van der Waals surface area contributed by atoms with Gasteiger partial charge in [0.05, 0.1) is 12.3 Å². The van der Waals surface area contributed by atoms with E-state index in [9.17, 15) is 0 Å². The lowest BCUT2D eigenvalue weighted by Crippen LogP contribution is -2.44. The highest BCUT2D eigenvalue weighted by molar-refractivity contribution is 5.47. The van der Waals surface area contributed by atoms with E-state index in [2.05, 4.69) is 28.2 Å². The van der Waals surface area contributed by atoms with E-state index in [0.717, 1.165) is 43.2 Å². The third kappa shape index (κ3) is 5.18. The fourth-order valence-electron chi connectivity index (χ4n) is 3.34. The van der Waals surface area contributed by atoms with E-state index in [-0.39, 0.29) is 6.61 Å². The molecule has 134 valence electrons. The topological polar surface area (TPSA) is 57.6 Å². The molecule has 5 nitrogen and oxygen atoms in total. The molecule has 3 rings (SSSR count). The van der Waals surface area contributed by atoms with Gasteiger partial charge in [-0.2, -0.15) is 0 Å². The molecule has 0 saturated carbocycles. The Balaban J connectivity index is 1.50. The van der Waals surface area contributed by atoms with Gasteiger partial charge in [-0.3, -0.25) is 9.88 Å². The number of hydrogen-bond acceptors (Lipinski definition) is 5. The van der Waals surface area contributed by atoms with Crippen molar-refractivity contribution in [2.75, 3.05) is 31.6 Å². The fourth-order valence-corrected chi connectivity index (χ4v) is 3.34. The number of pyridine rings is 1. The summed E-state index contributed by atoms with van der Waals surface area (Å²) in [6, 6.07) is 14.5. The third-order valence-corrected chi connectivity index (χ3v) is 4.67. The van der Waals surface area contributed by atoms with Gasteiger partial charge >= 0.3 is 0 Å². The predicted octanol–water partition coefficient (Wildman–Crippen LogP) is 2.78.